The average molecular weight is 209 g/mol. The molecule has 3 N–H and O–H groups in total. The molecule has 1 aromatic rings. The molecule has 1 aromatic carbocycles. The molecule has 0 saturated carbocycles. The first-order valence-electron chi connectivity index (χ1n) is 4.86. The zero-order valence-corrected chi connectivity index (χ0v) is 8.48. The minimum absolute atomic E-state index is 0.0219. The molecule has 15 heavy (non-hydrogen) atoms. The molecular formula is C11H15NO3. The van der Waals surface area contributed by atoms with Crippen LogP contribution in [0.15, 0.2) is 24.3 Å². The van der Waals surface area contributed by atoms with Gasteiger partial charge in [0.25, 0.3) is 0 Å². The highest BCUT2D eigenvalue weighted by Crippen LogP contribution is 2.13. The smallest absolute Gasteiger partial charge is 0.307 e. The van der Waals surface area contributed by atoms with Crippen molar-refractivity contribution in [2.45, 2.75) is 12.8 Å². The number of carboxylic acid groups (broad SMARTS) is 1. The van der Waals surface area contributed by atoms with Crippen LogP contribution in [0.5, 0.6) is 5.75 Å². The van der Waals surface area contributed by atoms with Crippen molar-refractivity contribution >= 4 is 5.97 Å². The number of rotatable bonds is 6. The Morgan fingerprint density at radius 3 is 2.93 bits per heavy atom. The maximum Gasteiger partial charge on any atom is 0.307 e. The molecule has 0 atom stereocenters. The monoisotopic (exact) mass is 209 g/mol. The molecule has 0 radical (unpaired) electrons. The Morgan fingerprint density at radius 1 is 1.47 bits per heavy atom. The molecule has 0 aliphatic carbocycles. The summed E-state index contributed by atoms with van der Waals surface area (Å²) in [6.45, 7) is 1.15. The van der Waals surface area contributed by atoms with Gasteiger partial charge in [-0.15, -0.1) is 0 Å². The summed E-state index contributed by atoms with van der Waals surface area (Å²) < 4.78 is 5.40. The number of benzene rings is 1. The predicted molar refractivity (Wildman–Crippen MR) is 56.9 cm³/mol. The van der Waals surface area contributed by atoms with Crippen LogP contribution >= 0.6 is 0 Å². The molecule has 82 valence electrons. The Balaban J connectivity index is 2.53. The number of carboxylic acids is 1. The van der Waals surface area contributed by atoms with Crippen molar-refractivity contribution in [3.05, 3.63) is 29.8 Å². The first kappa shape index (κ1) is 11.5. The van der Waals surface area contributed by atoms with Crippen LogP contribution in [0.1, 0.15) is 12.0 Å². The summed E-state index contributed by atoms with van der Waals surface area (Å²) >= 11 is 0. The molecular weight excluding hydrogens is 194 g/mol. The predicted octanol–water partition coefficient (Wildman–Crippen LogP) is 1.04. The lowest BCUT2D eigenvalue weighted by Gasteiger charge is -2.06. The molecule has 0 aliphatic heterocycles. The Kier molecular flexibility index (Phi) is 4.63. The Bertz CT molecular complexity index is 325. The maximum atomic E-state index is 10.5. The van der Waals surface area contributed by atoms with Gasteiger partial charge in [0.1, 0.15) is 5.75 Å². The van der Waals surface area contributed by atoms with Crippen molar-refractivity contribution in [2.24, 2.45) is 5.73 Å². The van der Waals surface area contributed by atoms with Crippen LogP contribution in [-0.4, -0.2) is 24.2 Å². The summed E-state index contributed by atoms with van der Waals surface area (Å²) in [7, 11) is 0. The van der Waals surface area contributed by atoms with Gasteiger partial charge in [0.15, 0.2) is 0 Å². The Labute approximate surface area is 88.7 Å². The summed E-state index contributed by atoms with van der Waals surface area (Å²) in [4.78, 5) is 10.5. The van der Waals surface area contributed by atoms with Crippen molar-refractivity contribution in [1.29, 1.82) is 0 Å². The Morgan fingerprint density at radius 2 is 2.27 bits per heavy atom. The van der Waals surface area contributed by atoms with Gasteiger partial charge in [0.05, 0.1) is 13.0 Å². The van der Waals surface area contributed by atoms with E-state index in [1.807, 2.05) is 6.07 Å². The standard InChI is InChI=1S/C11H15NO3/c12-5-2-6-15-10-4-1-3-9(7-10)8-11(13)14/h1,3-4,7H,2,5-6,8,12H2,(H,13,14). The van der Waals surface area contributed by atoms with Gasteiger partial charge >= 0.3 is 5.97 Å². The molecule has 0 fully saturated rings. The maximum absolute atomic E-state index is 10.5. The van der Waals surface area contributed by atoms with E-state index in [1.165, 1.54) is 0 Å². The number of aliphatic carboxylic acids is 1. The van der Waals surface area contributed by atoms with E-state index in [9.17, 15) is 4.79 Å². The van der Waals surface area contributed by atoms with E-state index in [1.54, 1.807) is 18.2 Å². The highest BCUT2D eigenvalue weighted by molar-refractivity contribution is 5.70. The molecule has 4 nitrogen and oxygen atoms in total. The van der Waals surface area contributed by atoms with Crippen LogP contribution in [0.25, 0.3) is 0 Å². The molecule has 1 rings (SSSR count). The van der Waals surface area contributed by atoms with Gasteiger partial charge in [-0.3, -0.25) is 4.79 Å². The summed E-state index contributed by atoms with van der Waals surface area (Å²) in [6, 6.07) is 7.10. The fourth-order valence-corrected chi connectivity index (χ4v) is 1.19. The summed E-state index contributed by atoms with van der Waals surface area (Å²) in [5.74, 6) is -0.142. The lowest BCUT2D eigenvalue weighted by molar-refractivity contribution is -0.136. The molecule has 0 saturated heterocycles. The third-order valence-corrected chi connectivity index (χ3v) is 1.87. The summed E-state index contributed by atoms with van der Waals surface area (Å²) in [5, 5.41) is 8.61. The molecule has 0 amide bonds. The topological polar surface area (TPSA) is 72.5 Å². The second-order valence-corrected chi connectivity index (χ2v) is 3.21. The number of carbonyl (C=O) groups is 1. The van der Waals surface area contributed by atoms with Gasteiger partial charge in [-0.05, 0) is 30.7 Å². The van der Waals surface area contributed by atoms with E-state index in [0.717, 1.165) is 12.0 Å². The largest absolute Gasteiger partial charge is 0.494 e. The zero-order valence-electron chi connectivity index (χ0n) is 8.48. The second-order valence-electron chi connectivity index (χ2n) is 3.21. The highest BCUT2D eigenvalue weighted by atomic mass is 16.5. The SMILES string of the molecule is NCCCOc1cccc(CC(=O)O)c1. The van der Waals surface area contributed by atoms with Crippen LogP contribution in [0, 0.1) is 0 Å². The van der Waals surface area contributed by atoms with Crippen molar-refractivity contribution in [1.82, 2.24) is 0 Å². The molecule has 4 heteroatoms. The summed E-state index contributed by atoms with van der Waals surface area (Å²) in [6.07, 6.45) is 0.817. The van der Waals surface area contributed by atoms with Gasteiger partial charge < -0.3 is 15.6 Å². The zero-order chi connectivity index (χ0) is 11.1. The lowest BCUT2D eigenvalue weighted by atomic mass is 10.1. The van der Waals surface area contributed by atoms with Crippen LogP contribution in [0.2, 0.25) is 0 Å². The number of nitrogens with two attached hydrogens (primary N) is 1. The van der Waals surface area contributed by atoms with Crippen LogP contribution in [-0.2, 0) is 11.2 Å². The third kappa shape index (κ3) is 4.46. The number of hydrogen-bond acceptors (Lipinski definition) is 3. The van der Waals surface area contributed by atoms with Gasteiger partial charge in [0.2, 0.25) is 0 Å². The fourth-order valence-electron chi connectivity index (χ4n) is 1.19. The van der Waals surface area contributed by atoms with Crippen LogP contribution < -0.4 is 10.5 Å². The highest BCUT2D eigenvalue weighted by Gasteiger charge is 2.01. The molecule has 0 heterocycles. The van der Waals surface area contributed by atoms with E-state index < -0.39 is 5.97 Å². The minimum Gasteiger partial charge on any atom is -0.494 e. The van der Waals surface area contributed by atoms with Crippen molar-refractivity contribution < 1.29 is 14.6 Å². The second kappa shape index (κ2) is 6.03. The van der Waals surface area contributed by atoms with Gasteiger partial charge in [-0.25, -0.2) is 0 Å². The van der Waals surface area contributed by atoms with Crippen LogP contribution in [0.3, 0.4) is 0 Å². The minimum atomic E-state index is -0.839. The number of hydrogen-bond donors (Lipinski definition) is 2. The molecule has 0 unspecified atom stereocenters. The van der Waals surface area contributed by atoms with Crippen molar-refractivity contribution in [3.8, 4) is 5.75 Å². The molecule has 0 spiro atoms. The van der Waals surface area contributed by atoms with E-state index >= 15 is 0 Å². The van der Waals surface area contributed by atoms with E-state index in [4.69, 9.17) is 15.6 Å². The Hall–Kier alpha value is -1.55. The first-order valence-corrected chi connectivity index (χ1v) is 4.86. The van der Waals surface area contributed by atoms with Gasteiger partial charge in [-0.2, -0.15) is 0 Å². The van der Waals surface area contributed by atoms with Crippen LogP contribution in [0.4, 0.5) is 0 Å². The summed E-state index contributed by atoms with van der Waals surface area (Å²) in [5.41, 5.74) is 6.07. The average Bonchev–Trinajstić information content (AvgIpc) is 2.18. The van der Waals surface area contributed by atoms with Crippen molar-refractivity contribution in [2.75, 3.05) is 13.2 Å². The lowest BCUT2D eigenvalue weighted by Crippen LogP contribution is -2.06. The first-order chi connectivity index (χ1) is 7.22. The molecule has 0 aliphatic rings. The van der Waals surface area contributed by atoms with E-state index in [0.29, 0.717) is 18.9 Å². The molecule has 0 bridgehead atoms. The van der Waals surface area contributed by atoms with Gasteiger partial charge in [0, 0.05) is 0 Å². The van der Waals surface area contributed by atoms with Crippen molar-refractivity contribution in [3.63, 3.8) is 0 Å². The fraction of sp³-hybridized carbons (Fsp3) is 0.364. The number of ether oxygens (including phenoxy) is 1. The molecule has 0 aromatic heterocycles. The van der Waals surface area contributed by atoms with Gasteiger partial charge in [-0.1, -0.05) is 12.1 Å². The van der Waals surface area contributed by atoms with E-state index in [-0.39, 0.29) is 6.42 Å². The normalized spacial score (nSPS) is 9.93. The van der Waals surface area contributed by atoms with E-state index in [2.05, 4.69) is 0 Å². The third-order valence-electron chi connectivity index (χ3n) is 1.87. The quantitative estimate of drug-likeness (QED) is 0.687.